The van der Waals surface area contributed by atoms with Gasteiger partial charge >= 0.3 is 0 Å². The smallest absolute Gasteiger partial charge is 0.210 e. The zero-order valence-corrected chi connectivity index (χ0v) is 11.4. The number of aryl methyl sites for hydroxylation is 2. The highest BCUT2D eigenvalue weighted by Crippen LogP contribution is 2.33. The third kappa shape index (κ3) is 2.29. The molecule has 0 atom stereocenters. The molecule has 19 heavy (non-hydrogen) atoms. The van der Waals surface area contributed by atoms with Gasteiger partial charge in [0.1, 0.15) is 16.4 Å². The van der Waals surface area contributed by atoms with Gasteiger partial charge in [-0.15, -0.1) is 0 Å². The molecule has 0 fully saturated rings. The highest BCUT2D eigenvalue weighted by atomic mass is 32.2. The molecule has 100 valence electrons. The number of benzene rings is 2. The quantitative estimate of drug-likeness (QED) is 0.885. The summed E-state index contributed by atoms with van der Waals surface area (Å²) in [5.74, 6) is -0.236. The Labute approximate surface area is 111 Å². The second kappa shape index (κ2) is 4.59. The fourth-order valence-corrected chi connectivity index (χ4v) is 3.54. The Morgan fingerprint density at radius 1 is 0.895 bits per heavy atom. The Hall–Kier alpha value is -2.01. The highest BCUT2D eigenvalue weighted by Gasteiger charge is 2.24. The summed E-state index contributed by atoms with van der Waals surface area (Å²) in [6.07, 6.45) is 0. The lowest BCUT2D eigenvalue weighted by molar-refractivity contribution is 0.454. The van der Waals surface area contributed by atoms with E-state index in [1.807, 2.05) is 0 Å². The van der Waals surface area contributed by atoms with Crippen molar-refractivity contribution in [1.29, 1.82) is 0 Å². The van der Waals surface area contributed by atoms with E-state index in [1.54, 1.807) is 26.0 Å². The number of para-hydroxylation sites is 1. The molecule has 0 saturated carbocycles. The first kappa shape index (κ1) is 13.4. The Kier molecular flexibility index (Phi) is 3.24. The van der Waals surface area contributed by atoms with Crippen molar-refractivity contribution < 1.29 is 18.6 Å². The molecule has 0 bridgehead atoms. The van der Waals surface area contributed by atoms with Crippen molar-refractivity contribution in [3.8, 4) is 11.5 Å². The normalized spacial score (nSPS) is 11.5. The van der Waals surface area contributed by atoms with Crippen LogP contribution in [0.2, 0.25) is 0 Å². The Morgan fingerprint density at radius 3 is 2.21 bits per heavy atom. The minimum Gasteiger partial charge on any atom is -0.508 e. The zero-order valence-electron chi connectivity index (χ0n) is 10.6. The number of hydrogen-bond acceptors (Lipinski definition) is 4. The first-order valence-electron chi connectivity index (χ1n) is 5.67. The number of hydrogen-bond donors (Lipinski definition) is 2. The fraction of sp³-hybridized carbons (Fsp3) is 0.143. The molecule has 0 aliphatic heterocycles. The average Bonchev–Trinajstić information content (AvgIpc) is 2.31. The van der Waals surface area contributed by atoms with Crippen molar-refractivity contribution in [2.75, 3.05) is 0 Å². The van der Waals surface area contributed by atoms with Crippen LogP contribution in [0, 0.1) is 13.8 Å². The van der Waals surface area contributed by atoms with Gasteiger partial charge in [-0.3, -0.25) is 0 Å². The van der Waals surface area contributed by atoms with E-state index in [4.69, 9.17) is 0 Å². The van der Waals surface area contributed by atoms with Crippen molar-refractivity contribution in [1.82, 2.24) is 0 Å². The van der Waals surface area contributed by atoms with Gasteiger partial charge in [0.2, 0.25) is 9.84 Å². The van der Waals surface area contributed by atoms with E-state index in [0.29, 0.717) is 11.1 Å². The highest BCUT2D eigenvalue weighted by molar-refractivity contribution is 7.91. The van der Waals surface area contributed by atoms with Crippen LogP contribution in [-0.4, -0.2) is 18.6 Å². The molecule has 0 aliphatic rings. The van der Waals surface area contributed by atoms with Crippen LogP contribution in [0.25, 0.3) is 0 Å². The van der Waals surface area contributed by atoms with Crippen LogP contribution in [0.1, 0.15) is 11.1 Å². The molecular formula is C14H14O4S. The maximum Gasteiger partial charge on any atom is 0.210 e. The molecule has 0 aromatic heterocycles. The summed E-state index contributed by atoms with van der Waals surface area (Å²) >= 11 is 0. The number of sulfone groups is 1. The van der Waals surface area contributed by atoms with E-state index in [1.165, 1.54) is 24.3 Å². The third-order valence-electron chi connectivity index (χ3n) is 2.94. The molecule has 4 nitrogen and oxygen atoms in total. The maximum atomic E-state index is 12.5. The number of aromatic hydroxyl groups is 2. The minimum absolute atomic E-state index is 0.00455. The minimum atomic E-state index is -3.80. The lowest BCUT2D eigenvalue weighted by Gasteiger charge is -2.10. The molecule has 0 heterocycles. The molecule has 0 unspecified atom stereocenters. The van der Waals surface area contributed by atoms with E-state index in [0.717, 1.165) is 0 Å². The first-order chi connectivity index (χ1) is 8.84. The standard InChI is InChI=1S/C14H14O4S/c1-9-4-3-5-13(14(9)16)19(17,18)12-7-6-11(15)8-10(12)2/h3-8,15-16H,1-2H3. The van der Waals surface area contributed by atoms with E-state index < -0.39 is 9.84 Å². The molecule has 5 heteroatoms. The Morgan fingerprint density at radius 2 is 1.58 bits per heavy atom. The topological polar surface area (TPSA) is 74.6 Å². The van der Waals surface area contributed by atoms with Gasteiger partial charge in [-0.1, -0.05) is 12.1 Å². The molecule has 0 aliphatic carbocycles. The molecule has 0 amide bonds. The molecule has 2 aromatic carbocycles. The zero-order chi connectivity index (χ0) is 14.2. The number of phenols is 2. The van der Waals surface area contributed by atoms with Gasteiger partial charge in [-0.2, -0.15) is 0 Å². The lowest BCUT2D eigenvalue weighted by Crippen LogP contribution is -2.04. The molecule has 0 spiro atoms. The Balaban J connectivity index is 2.69. The summed E-state index contributed by atoms with van der Waals surface area (Å²) < 4.78 is 25.0. The van der Waals surface area contributed by atoms with Crippen LogP contribution >= 0.6 is 0 Å². The summed E-state index contributed by atoms with van der Waals surface area (Å²) in [7, 11) is -3.80. The predicted molar refractivity (Wildman–Crippen MR) is 71.1 cm³/mol. The molecule has 2 aromatic rings. The van der Waals surface area contributed by atoms with Gasteiger partial charge in [-0.05, 0) is 49.2 Å². The van der Waals surface area contributed by atoms with Gasteiger partial charge in [0.05, 0.1) is 4.90 Å². The number of phenolic OH excluding ortho intramolecular Hbond substituents is 2. The van der Waals surface area contributed by atoms with Gasteiger partial charge in [0.15, 0.2) is 0 Å². The lowest BCUT2D eigenvalue weighted by atomic mass is 10.2. The second-order valence-electron chi connectivity index (χ2n) is 4.37. The van der Waals surface area contributed by atoms with Gasteiger partial charge in [0, 0.05) is 0 Å². The van der Waals surface area contributed by atoms with Crippen LogP contribution < -0.4 is 0 Å². The van der Waals surface area contributed by atoms with Crippen molar-refractivity contribution in [3.05, 3.63) is 47.5 Å². The van der Waals surface area contributed by atoms with Crippen molar-refractivity contribution >= 4 is 9.84 Å². The molecular weight excluding hydrogens is 264 g/mol. The van der Waals surface area contributed by atoms with Crippen LogP contribution in [0.4, 0.5) is 0 Å². The molecule has 0 radical (unpaired) electrons. The predicted octanol–water partition coefficient (Wildman–Crippen LogP) is 2.55. The molecule has 2 rings (SSSR count). The van der Waals surface area contributed by atoms with E-state index in [-0.39, 0.29) is 21.3 Å². The summed E-state index contributed by atoms with van der Waals surface area (Å²) in [5, 5.41) is 19.2. The third-order valence-corrected chi connectivity index (χ3v) is 4.88. The second-order valence-corrected chi connectivity index (χ2v) is 6.26. The van der Waals surface area contributed by atoms with Gasteiger partial charge < -0.3 is 10.2 Å². The number of rotatable bonds is 2. The van der Waals surface area contributed by atoms with Crippen LogP contribution in [0.3, 0.4) is 0 Å². The largest absolute Gasteiger partial charge is 0.508 e. The van der Waals surface area contributed by atoms with Crippen molar-refractivity contribution in [3.63, 3.8) is 0 Å². The van der Waals surface area contributed by atoms with Crippen molar-refractivity contribution in [2.45, 2.75) is 23.6 Å². The summed E-state index contributed by atoms with van der Waals surface area (Å²) in [4.78, 5) is -0.0486. The molecule has 2 N–H and O–H groups in total. The maximum absolute atomic E-state index is 12.5. The fourth-order valence-electron chi connectivity index (χ4n) is 1.90. The van der Waals surface area contributed by atoms with Crippen LogP contribution in [0.5, 0.6) is 11.5 Å². The summed E-state index contributed by atoms with van der Waals surface area (Å²) in [5.41, 5.74) is 0.929. The Bertz CT molecular complexity index is 733. The van der Waals surface area contributed by atoms with Crippen molar-refractivity contribution in [2.24, 2.45) is 0 Å². The van der Waals surface area contributed by atoms with Gasteiger partial charge in [0.25, 0.3) is 0 Å². The van der Waals surface area contributed by atoms with E-state index in [2.05, 4.69) is 0 Å². The monoisotopic (exact) mass is 278 g/mol. The van der Waals surface area contributed by atoms with Crippen LogP contribution in [0.15, 0.2) is 46.2 Å². The summed E-state index contributed by atoms with van der Waals surface area (Å²) in [6.45, 7) is 3.23. The summed E-state index contributed by atoms with van der Waals surface area (Å²) in [6, 6.07) is 8.61. The van der Waals surface area contributed by atoms with Crippen LogP contribution in [-0.2, 0) is 9.84 Å². The first-order valence-corrected chi connectivity index (χ1v) is 7.15. The van der Waals surface area contributed by atoms with E-state index >= 15 is 0 Å². The van der Waals surface area contributed by atoms with E-state index in [9.17, 15) is 18.6 Å². The SMILES string of the molecule is Cc1cc(O)ccc1S(=O)(=O)c1cccc(C)c1O. The average molecular weight is 278 g/mol. The van der Waals surface area contributed by atoms with Gasteiger partial charge in [-0.25, -0.2) is 8.42 Å². The molecule has 0 saturated heterocycles.